The van der Waals surface area contributed by atoms with Gasteiger partial charge in [0, 0.05) is 5.39 Å². The maximum Gasteiger partial charge on any atom is 0.351 e. The number of hydrogen-bond acceptors (Lipinski definition) is 6. The molecule has 4 aromatic rings. The molecule has 7 heteroatoms. The number of benzene rings is 3. The minimum atomic E-state index is -0.941. The number of rotatable bonds is 6. The Labute approximate surface area is 176 Å². The van der Waals surface area contributed by atoms with Gasteiger partial charge >= 0.3 is 11.6 Å². The van der Waals surface area contributed by atoms with Crippen LogP contribution in [0.25, 0.3) is 11.0 Å². The molecule has 3 aromatic carbocycles. The molecule has 154 valence electrons. The molecule has 0 unspecified atom stereocenters. The summed E-state index contributed by atoms with van der Waals surface area (Å²) in [7, 11) is 0. The summed E-state index contributed by atoms with van der Waals surface area (Å²) in [5.74, 6) is -0.478. The molecule has 7 nitrogen and oxygen atoms in total. The molecule has 1 aromatic heterocycles. The van der Waals surface area contributed by atoms with Crippen molar-refractivity contribution in [1.29, 1.82) is 0 Å². The van der Waals surface area contributed by atoms with Gasteiger partial charge in [0.25, 0.3) is 5.91 Å². The van der Waals surface area contributed by atoms with Crippen LogP contribution < -0.4 is 15.7 Å². The van der Waals surface area contributed by atoms with Crippen molar-refractivity contribution in [2.75, 3.05) is 11.9 Å². The molecule has 0 saturated carbocycles. The number of ether oxygens (including phenoxy) is 2. The molecule has 31 heavy (non-hydrogen) atoms. The SMILES string of the molecule is O=C(COC(=O)c1cc2ccccc2oc1=O)Nc1ccccc1Oc1ccccc1. The average molecular weight is 415 g/mol. The largest absolute Gasteiger partial charge is 0.455 e. The van der Waals surface area contributed by atoms with Crippen molar-refractivity contribution in [2.45, 2.75) is 0 Å². The highest BCUT2D eigenvalue weighted by Crippen LogP contribution is 2.29. The summed E-state index contributed by atoms with van der Waals surface area (Å²) in [6.07, 6.45) is 0. The Balaban J connectivity index is 1.42. The molecule has 0 spiro atoms. The van der Waals surface area contributed by atoms with Gasteiger partial charge in [-0.1, -0.05) is 48.5 Å². The Hall–Kier alpha value is -4.39. The summed E-state index contributed by atoms with van der Waals surface area (Å²) in [6.45, 7) is -0.579. The van der Waals surface area contributed by atoms with E-state index in [1.165, 1.54) is 6.07 Å². The number of carbonyl (C=O) groups excluding carboxylic acids is 2. The third kappa shape index (κ3) is 4.79. The predicted octanol–water partition coefficient (Wildman–Crippen LogP) is 4.38. The van der Waals surface area contributed by atoms with E-state index in [9.17, 15) is 14.4 Å². The van der Waals surface area contributed by atoms with Crippen LogP contribution in [0.2, 0.25) is 0 Å². The lowest BCUT2D eigenvalue weighted by Gasteiger charge is -2.12. The number of amides is 1. The molecule has 0 aliphatic carbocycles. The molecule has 0 atom stereocenters. The van der Waals surface area contributed by atoms with Crippen molar-refractivity contribution in [3.05, 3.63) is 101 Å². The molecule has 0 aliphatic heterocycles. The molecule has 0 aliphatic rings. The number of anilines is 1. The highest BCUT2D eigenvalue weighted by molar-refractivity contribution is 5.97. The average Bonchev–Trinajstić information content (AvgIpc) is 2.79. The topological polar surface area (TPSA) is 94.8 Å². The number of carbonyl (C=O) groups is 2. The van der Waals surface area contributed by atoms with Crippen LogP contribution in [0.15, 0.2) is 94.1 Å². The van der Waals surface area contributed by atoms with Crippen LogP contribution in [0.1, 0.15) is 10.4 Å². The van der Waals surface area contributed by atoms with Gasteiger partial charge in [-0.3, -0.25) is 4.79 Å². The zero-order valence-electron chi connectivity index (χ0n) is 16.2. The van der Waals surface area contributed by atoms with E-state index in [1.54, 1.807) is 60.7 Å². The van der Waals surface area contributed by atoms with E-state index in [2.05, 4.69) is 5.32 Å². The number of fused-ring (bicyclic) bond motifs is 1. The summed E-state index contributed by atoms with van der Waals surface area (Å²) in [5, 5.41) is 3.21. The van der Waals surface area contributed by atoms with E-state index < -0.39 is 24.1 Å². The lowest BCUT2D eigenvalue weighted by atomic mass is 10.2. The fraction of sp³-hybridized carbons (Fsp3) is 0.0417. The second-order valence-corrected chi connectivity index (χ2v) is 6.52. The Kier molecular flexibility index (Phi) is 5.75. The van der Waals surface area contributed by atoms with E-state index in [4.69, 9.17) is 13.9 Å². The van der Waals surface area contributed by atoms with Crippen molar-refractivity contribution in [2.24, 2.45) is 0 Å². The summed E-state index contributed by atoms with van der Waals surface area (Å²) >= 11 is 0. The lowest BCUT2D eigenvalue weighted by Crippen LogP contribution is -2.23. The molecule has 1 amide bonds. The molecule has 4 rings (SSSR count). The molecule has 0 saturated heterocycles. The summed E-state index contributed by atoms with van der Waals surface area (Å²) in [6, 6.07) is 24.1. The van der Waals surface area contributed by atoms with Gasteiger partial charge in [0.1, 0.15) is 16.9 Å². The highest BCUT2D eigenvalue weighted by Gasteiger charge is 2.17. The summed E-state index contributed by atoms with van der Waals surface area (Å²) < 4.78 is 15.9. The van der Waals surface area contributed by atoms with Crippen LogP contribution in [-0.2, 0) is 9.53 Å². The number of hydrogen-bond donors (Lipinski definition) is 1. The Morgan fingerprint density at radius 3 is 2.42 bits per heavy atom. The first-order valence-electron chi connectivity index (χ1n) is 9.42. The molecule has 0 fully saturated rings. The predicted molar refractivity (Wildman–Crippen MR) is 114 cm³/mol. The second-order valence-electron chi connectivity index (χ2n) is 6.52. The van der Waals surface area contributed by atoms with Crippen molar-refractivity contribution in [1.82, 2.24) is 0 Å². The first-order valence-corrected chi connectivity index (χ1v) is 9.42. The monoisotopic (exact) mass is 415 g/mol. The van der Waals surface area contributed by atoms with Gasteiger partial charge in [0.15, 0.2) is 12.4 Å². The first kappa shape index (κ1) is 19.9. The van der Waals surface area contributed by atoms with E-state index in [0.717, 1.165) is 0 Å². The van der Waals surface area contributed by atoms with Crippen molar-refractivity contribution < 1.29 is 23.5 Å². The van der Waals surface area contributed by atoms with Crippen molar-refractivity contribution in [3.63, 3.8) is 0 Å². The smallest absolute Gasteiger partial charge is 0.351 e. The molecule has 0 radical (unpaired) electrons. The maximum absolute atomic E-state index is 12.3. The fourth-order valence-corrected chi connectivity index (χ4v) is 2.87. The maximum atomic E-state index is 12.3. The van der Waals surface area contributed by atoms with Crippen LogP contribution in [0.3, 0.4) is 0 Å². The quantitative estimate of drug-likeness (QED) is 0.371. The van der Waals surface area contributed by atoms with Crippen molar-refractivity contribution >= 4 is 28.5 Å². The van der Waals surface area contributed by atoms with E-state index >= 15 is 0 Å². The standard InChI is InChI=1S/C24H17NO6/c26-22(25-19-11-5-7-13-21(19)30-17-9-2-1-3-10-17)15-29-23(27)18-14-16-8-4-6-12-20(16)31-24(18)28/h1-14H,15H2,(H,25,26). The second kappa shape index (κ2) is 8.96. The van der Waals surface area contributed by atoms with Crippen LogP contribution in [0, 0.1) is 0 Å². The van der Waals surface area contributed by atoms with E-state index in [0.29, 0.717) is 28.2 Å². The van der Waals surface area contributed by atoms with Crippen LogP contribution in [0.5, 0.6) is 11.5 Å². The van der Waals surface area contributed by atoms with Gasteiger partial charge in [-0.15, -0.1) is 0 Å². The molecular formula is C24H17NO6. The minimum Gasteiger partial charge on any atom is -0.455 e. The van der Waals surface area contributed by atoms with Gasteiger partial charge in [0.2, 0.25) is 0 Å². The van der Waals surface area contributed by atoms with Gasteiger partial charge in [-0.2, -0.15) is 0 Å². The normalized spacial score (nSPS) is 10.5. The van der Waals surface area contributed by atoms with Crippen LogP contribution in [0.4, 0.5) is 5.69 Å². The number of esters is 1. The van der Waals surface area contributed by atoms with Gasteiger partial charge < -0.3 is 19.2 Å². The fourth-order valence-electron chi connectivity index (χ4n) is 2.87. The number of nitrogens with one attached hydrogen (secondary N) is 1. The zero-order valence-corrected chi connectivity index (χ0v) is 16.2. The zero-order chi connectivity index (χ0) is 21.6. The molecular weight excluding hydrogens is 398 g/mol. The highest BCUT2D eigenvalue weighted by atomic mass is 16.5. The first-order chi connectivity index (χ1) is 15.1. The van der Waals surface area contributed by atoms with Gasteiger partial charge in [-0.05, 0) is 36.4 Å². The van der Waals surface area contributed by atoms with Crippen molar-refractivity contribution in [3.8, 4) is 11.5 Å². The Bertz CT molecular complexity index is 1300. The van der Waals surface area contributed by atoms with Crippen LogP contribution >= 0.6 is 0 Å². The van der Waals surface area contributed by atoms with Crippen LogP contribution in [-0.4, -0.2) is 18.5 Å². The Morgan fingerprint density at radius 2 is 1.58 bits per heavy atom. The number of para-hydroxylation sites is 4. The molecule has 1 heterocycles. The minimum absolute atomic E-state index is 0.278. The Morgan fingerprint density at radius 1 is 0.871 bits per heavy atom. The molecule has 1 N–H and O–H groups in total. The summed E-state index contributed by atoms with van der Waals surface area (Å²) in [4.78, 5) is 36.6. The third-order valence-corrected chi connectivity index (χ3v) is 4.33. The lowest BCUT2D eigenvalue weighted by molar-refractivity contribution is -0.119. The van der Waals surface area contributed by atoms with Gasteiger partial charge in [-0.25, -0.2) is 9.59 Å². The summed E-state index contributed by atoms with van der Waals surface area (Å²) in [5.41, 5.74) is -0.334. The van der Waals surface area contributed by atoms with E-state index in [1.807, 2.05) is 18.2 Å². The molecule has 0 bridgehead atoms. The third-order valence-electron chi connectivity index (χ3n) is 4.33. The van der Waals surface area contributed by atoms with E-state index in [-0.39, 0.29) is 5.56 Å². The van der Waals surface area contributed by atoms with Gasteiger partial charge in [0.05, 0.1) is 5.69 Å².